The first-order valence-electron chi connectivity index (χ1n) is 18.5. The minimum absolute atomic E-state index is 0.0903. The number of fused-ring (bicyclic) bond motifs is 14. The Balaban J connectivity index is 1.04. The van der Waals surface area contributed by atoms with Crippen LogP contribution in [0.1, 0.15) is 40.9 Å². The van der Waals surface area contributed by atoms with Crippen LogP contribution in [-0.4, -0.2) is 5.78 Å². The van der Waals surface area contributed by atoms with Gasteiger partial charge in [-0.2, -0.15) is 0 Å². The molecule has 1 aliphatic rings. The molecule has 0 unspecified atom stereocenters. The van der Waals surface area contributed by atoms with Crippen molar-refractivity contribution in [2.24, 2.45) is 0 Å². The van der Waals surface area contributed by atoms with E-state index in [0.29, 0.717) is 0 Å². The molecule has 10 aromatic rings. The summed E-state index contributed by atoms with van der Waals surface area (Å²) < 4.78 is 0. The van der Waals surface area contributed by atoms with Crippen LogP contribution in [0.25, 0.3) is 86.9 Å². The third kappa shape index (κ3) is 4.28. The first-order valence-corrected chi connectivity index (χ1v) is 18.5. The molecule has 10 aromatic carbocycles. The fourth-order valence-electron chi connectivity index (χ4n) is 9.38. The predicted molar refractivity (Wildman–Crippen MR) is 224 cm³/mol. The maximum absolute atomic E-state index is 14.6. The topological polar surface area (TPSA) is 17.1 Å². The third-order valence-electron chi connectivity index (χ3n) is 12.0. The molecule has 0 heterocycles. The molecule has 0 amide bonds. The summed E-state index contributed by atoms with van der Waals surface area (Å²) in [5.74, 6) is 0.0903. The van der Waals surface area contributed by atoms with E-state index < -0.39 is 0 Å². The van der Waals surface area contributed by atoms with Gasteiger partial charge in [0.2, 0.25) is 0 Å². The van der Waals surface area contributed by atoms with Gasteiger partial charge in [-0.25, -0.2) is 0 Å². The molecule has 0 aromatic heterocycles. The first kappa shape index (κ1) is 30.1. The lowest BCUT2D eigenvalue weighted by molar-refractivity contribution is 0.103. The van der Waals surface area contributed by atoms with Crippen LogP contribution in [-0.2, 0) is 5.41 Å². The summed E-state index contributed by atoms with van der Waals surface area (Å²) in [5, 5.41) is 15.0. The summed E-state index contributed by atoms with van der Waals surface area (Å²) >= 11 is 0. The van der Waals surface area contributed by atoms with Crippen LogP contribution in [0, 0.1) is 0 Å². The summed E-state index contributed by atoms with van der Waals surface area (Å²) in [5.41, 5.74) is 7.74. The molecular formula is C52H34O. The highest BCUT2D eigenvalue weighted by atomic mass is 16.1. The van der Waals surface area contributed by atoms with Gasteiger partial charge in [-0.3, -0.25) is 4.79 Å². The van der Waals surface area contributed by atoms with Crippen molar-refractivity contribution in [2.75, 3.05) is 0 Å². The molecule has 0 N–H and O–H groups in total. The number of hydrogen-bond acceptors (Lipinski definition) is 1. The van der Waals surface area contributed by atoms with Crippen molar-refractivity contribution in [3.63, 3.8) is 0 Å². The standard InChI is InChI=1S/C52H34O/c1-52(2)49-25-21-33(31-19-23-43-39-15-5-3-11-35(39)37-13-7-9-17-41(37)45(43)27-31)29-47(49)51(53)48-30-34(22-26-50(48)52)32-20-24-44-40-16-6-4-12-36(40)38-14-8-10-18-42(38)46(44)28-32/h3-30H,1-2H3. The molecule has 0 saturated heterocycles. The summed E-state index contributed by atoms with van der Waals surface area (Å²) in [6.45, 7) is 4.49. The number of carbonyl (C=O) groups excluding carboxylic acids is 1. The molecule has 0 aliphatic heterocycles. The van der Waals surface area contributed by atoms with Gasteiger partial charge >= 0.3 is 0 Å². The van der Waals surface area contributed by atoms with Crippen LogP contribution in [0.5, 0.6) is 0 Å². The number of rotatable bonds is 2. The second-order valence-electron chi connectivity index (χ2n) is 15.2. The van der Waals surface area contributed by atoms with E-state index >= 15 is 0 Å². The van der Waals surface area contributed by atoms with Crippen molar-refractivity contribution in [3.8, 4) is 22.3 Å². The highest BCUT2D eigenvalue weighted by molar-refractivity contribution is 6.27. The van der Waals surface area contributed by atoms with E-state index in [1.165, 1.54) is 64.6 Å². The zero-order chi connectivity index (χ0) is 35.4. The average Bonchev–Trinajstić information content (AvgIpc) is 3.22. The van der Waals surface area contributed by atoms with Crippen LogP contribution in [0.3, 0.4) is 0 Å². The van der Waals surface area contributed by atoms with Gasteiger partial charge in [0.15, 0.2) is 5.78 Å². The second-order valence-corrected chi connectivity index (χ2v) is 15.2. The van der Waals surface area contributed by atoms with Gasteiger partial charge in [0.1, 0.15) is 0 Å². The number of hydrogen-bond donors (Lipinski definition) is 0. The quantitative estimate of drug-likeness (QED) is 0.167. The van der Waals surface area contributed by atoms with Gasteiger partial charge in [0, 0.05) is 16.5 Å². The van der Waals surface area contributed by atoms with E-state index in [1.807, 2.05) is 0 Å². The van der Waals surface area contributed by atoms with E-state index in [9.17, 15) is 4.79 Å². The molecule has 0 fully saturated rings. The lowest BCUT2D eigenvalue weighted by Crippen LogP contribution is -2.30. The molecule has 1 aliphatic carbocycles. The van der Waals surface area contributed by atoms with Crippen molar-refractivity contribution in [2.45, 2.75) is 19.3 Å². The summed E-state index contributed by atoms with van der Waals surface area (Å²) in [4.78, 5) is 14.6. The molecule has 248 valence electrons. The van der Waals surface area contributed by atoms with Gasteiger partial charge < -0.3 is 0 Å². The van der Waals surface area contributed by atoms with Gasteiger partial charge in [-0.1, -0.05) is 159 Å². The van der Waals surface area contributed by atoms with Gasteiger partial charge in [-0.15, -0.1) is 0 Å². The van der Waals surface area contributed by atoms with Crippen LogP contribution < -0.4 is 0 Å². The van der Waals surface area contributed by atoms with E-state index in [-0.39, 0.29) is 11.2 Å². The molecule has 0 spiro atoms. The highest BCUT2D eigenvalue weighted by Crippen LogP contribution is 2.45. The molecule has 0 bridgehead atoms. The number of benzene rings is 10. The summed E-state index contributed by atoms with van der Waals surface area (Å²) in [7, 11) is 0. The Morgan fingerprint density at radius 3 is 0.906 bits per heavy atom. The van der Waals surface area contributed by atoms with Crippen LogP contribution in [0.15, 0.2) is 170 Å². The maximum Gasteiger partial charge on any atom is 0.193 e. The van der Waals surface area contributed by atoms with Crippen LogP contribution >= 0.6 is 0 Å². The zero-order valence-electron chi connectivity index (χ0n) is 29.6. The Morgan fingerprint density at radius 2 is 0.566 bits per heavy atom. The van der Waals surface area contributed by atoms with E-state index in [0.717, 1.165) is 44.5 Å². The normalized spacial score (nSPS) is 13.7. The molecule has 1 nitrogen and oxygen atoms in total. The van der Waals surface area contributed by atoms with Crippen LogP contribution in [0.4, 0.5) is 0 Å². The van der Waals surface area contributed by atoms with Crippen molar-refractivity contribution in [3.05, 3.63) is 192 Å². The predicted octanol–water partition coefficient (Wildman–Crippen LogP) is 13.8. The Bertz CT molecular complexity index is 2930. The molecular weight excluding hydrogens is 641 g/mol. The van der Waals surface area contributed by atoms with Crippen molar-refractivity contribution < 1.29 is 4.79 Å². The van der Waals surface area contributed by atoms with Crippen molar-refractivity contribution >= 4 is 70.4 Å². The largest absolute Gasteiger partial charge is 0.289 e. The van der Waals surface area contributed by atoms with Gasteiger partial charge in [0.25, 0.3) is 0 Å². The smallest absolute Gasteiger partial charge is 0.193 e. The number of carbonyl (C=O) groups is 1. The van der Waals surface area contributed by atoms with E-state index in [2.05, 4.69) is 184 Å². The molecule has 53 heavy (non-hydrogen) atoms. The van der Waals surface area contributed by atoms with Crippen molar-refractivity contribution in [1.29, 1.82) is 0 Å². The van der Waals surface area contributed by atoms with E-state index in [4.69, 9.17) is 0 Å². The Kier molecular flexibility index (Phi) is 6.23. The fourth-order valence-corrected chi connectivity index (χ4v) is 9.38. The lowest BCUT2D eigenvalue weighted by Gasteiger charge is -2.35. The zero-order valence-corrected chi connectivity index (χ0v) is 29.6. The van der Waals surface area contributed by atoms with Gasteiger partial charge in [0.05, 0.1) is 0 Å². The Labute approximate surface area is 307 Å². The molecule has 1 heteroatoms. The van der Waals surface area contributed by atoms with E-state index in [1.54, 1.807) is 0 Å². The third-order valence-corrected chi connectivity index (χ3v) is 12.0. The SMILES string of the molecule is CC1(C)c2ccc(-c3ccc4c5ccccc5c5ccccc5c4c3)cc2C(=O)c2cc(-c3ccc4c5ccccc5c5ccccc5c4c3)ccc21. The molecule has 0 atom stereocenters. The number of ketones is 1. The minimum Gasteiger partial charge on any atom is -0.289 e. The minimum atomic E-state index is -0.327. The van der Waals surface area contributed by atoms with Crippen LogP contribution in [0.2, 0.25) is 0 Å². The highest BCUT2D eigenvalue weighted by Gasteiger charge is 2.37. The first-order chi connectivity index (χ1) is 26.0. The van der Waals surface area contributed by atoms with Gasteiger partial charge in [-0.05, 0) is 122 Å². The Hall–Kier alpha value is -6.57. The molecule has 0 radical (unpaired) electrons. The molecule has 11 rings (SSSR count). The second kappa shape index (κ2) is 11.0. The monoisotopic (exact) mass is 674 g/mol. The summed E-state index contributed by atoms with van der Waals surface area (Å²) in [6, 6.07) is 61.3. The lowest BCUT2D eigenvalue weighted by atomic mass is 9.67. The summed E-state index contributed by atoms with van der Waals surface area (Å²) in [6.07, 6.45) is 0. The fraction of sp³-hybridized carbons (Fsp3) is 0.0577. The average molecular weight is 675 g/mol. The maximum atomic E-state index is 14.6. The Morgan fingerprint density at radius 1 is 0.302 bits per heavy atom. The van der Waals surface area contributed by atoms with Crippen molar-refractivity contribution in [1.82, 2.24) is 0 Å². The molecule has 0 saturated carbocycles.